The molecule has 0 saturated heterocycles. The van der Waals surface area contributed by atoms with E-state index in [1.807, 2.05) is 18.2 Å². The Morgan fingerprint density at radius 1 is 1.33 bits per heavy atom. The Kier molecular flexibility index (Phi) is 5.14. The minimum Gasteiger partial charge on any atom is -0.416 e. The molecule has 0 aliphatic rings. The summed E-state index contributed by atoms with van der Waals surface area (Å²) in [7, 11) is 0. The number of nitrogens with zero attached hydrogens (tertiary/aromatic N) is 4. The summed E-state index contributed by atoms with van der Waals surface area (Å²) in [4.78, 5) is 16.5. The lowest BCUT2D eigenvalue weighted by molar-refractivity contribution is -0.118. The topological polar surface area (TPSA) is 85.8 Å². The minimum atomic E-state index is -0.0602. The molecule has 3 aromatic rings. The number of carbonyl (C=O) groups excluding carboxylic acids is 1. The number of hydrogen-bond acceptors (Lipinski definition) is 6. The summed E-state index contributed by atoms with van der Waals surface area (Å²) in [6, 6.07) is 8.07. The van der Waals surface area contributed by atoms with Gasteiger partial charge in [-0.05, 0) is 19.1 Å². The van der Waals surface area contributed by atoms with Crippen LogP contribution in [-0.2, 0) is 17.8 Å². The third-order valence-electron chi connectivity index (χ3n) is 3.55. The number of carbonyl (C=O) groups is 1. The molecule has 1 amide bonds. The van der Waals surface area contributed by atoms with Crippen LogP contribution in [0.5, 0.6) is 0 Å². The predicted octanol–water partition coefficient (Wildman–Crippen LogP) is 2.20. The van der Waals surface area contributed by atoms with Crippen LogP contribution >= 0.6 is 11.8 Å². The van der Waals surface area contributed by atoms with Crippen molar-refractivity contribution in [3.8, 4) is 0 Å². The molecule has 0 aliphatic carbocycles. The molecule has 0 aliphatic heterocycles. The first-order chi connectivity index (χ1) is 11.7. The van der Waals surface area contributed by atoms with Gasteiger partial charge in [-0.3, -0.25) is 4.79 Å². The number of rotatable bonds is 7. The lowest BCUT2D eigenvalue weighted by Crippen LogP contribution is -2.28. The van der Waals surface area contributed by atoms with Gasteiger partial charge in [0.15, 0.2) is 0 Å². The molecule has 3 rings (SSSR count). The highest BCUT2D eigenvalue weighted by atomic mass is 32.2. The molecule has 8 heteroatoms. The van der Waals surface area contributed by atoms with E-state index in [1.54, 1.807) is 6.92 Å². The molecule has 126 valence electrons. The van der Waals surface area contributed by atoms with E-state index in [0.29, 0.717) is 24.1 Å². The maximum absolute atomic E-state index is 11.9. The summed E-state index contributed by atoms with van der Waals surface area (Å²) in [5.74, 6) is 1.68. The van der Waals surface area contributed by atoms with Crippen molar-refractivity contribution in [3.05, 3.63) is 36.0 Å². The smallest absolute Gasteiger partial charge is 0.277 e. The Labute approximate surface area is 143 Å². The van der Waals surface area contributed by atoms with Crippen molar-refractivity contribution < 1.29 is 9.21 Å². The van der Waals surface area contributed by atoms with E-state index < -0.39 is 0 Å². The lowest BCUT2D eigenvalue weighted by Gasteiger charge is -2.07. The number of aromatic nitrogens is 4. The molecule has 0 spiro atoms. The third-order valence-corrected chi connectivity index (χ3v) is 4.37. The van der Waals surface area contributed by atoms with Crippen LogP contribution < -0.4 is 5.32 Å². The maximum Gasteiger partial charge on any atom is 0.277 e. The molecule has 2 heterocycles. The fraction of sp³-hybridized carbons (Fsp3) is 0.375. The number of fused-ring (bicyclic) bond motifs is 1. The van der Waals surface area contributed by atoms with Crippen molar-refractivity contribution in [1.82, 2.24) is 25.1 Å². The van der Waals surface area contributed by atoms with Crippen molar-refractivity contribution in [1.29, 1.82) is 0 Å². The number of amides is 1. The van der Waals surface area contributed by atoms with Crippen LogP contribution in [0.15, 0.2) is 33.9 Å². The minimum absolute atomic E-state index is 0.0602. The molecule has 7 nitrogen and oxygen atoms in total. The second-order valence-electron chi connectivity index (χ2n) is 5.24. The predicted molar refractivity (Wildman–Crippen MR) is 91.9 cm³/mol. The zero-order chi connectivity index (χ0) is 16.9. The Morgan fingerprint density at radius 2 is 2.17 bits per heavy atom. The molecule has 0 unspecified atom stereocenters. The zero-order valence-corrected chi connectivity index (χ0v) is 14.5. The van der Waals surface area contributed by atoms with Crippen LogP contribution in [0, 0.1) is 6.92 Å². The van der Waals surface area contributed by atoms with Gasteiger partial charge in [0.1, 0.15) is 5.82 Å². The van der Waals surface area contributed by atoms with Crippen LogP contribution in [0.3, 0.4) is 0 Å². The summed E-state index contributed by atoms with van der Waals surface area (Å²) in [5.41, 5.74) is 2.12. The van der Waals surface area contributed by atoms with Crippen LogP contribution in [0.1, 0.15) is 18.6 Å². The van der Waals surface area contributed by atoms with Crippen LogP contribution in [0.25, 0.3) is 11.0 Å². The number of hydrogen-bond donors (Lipinski definition) is 1. The Hall–Kier alpha value is -2.35. The van der Waals surface area contributed by atoms with Gasteiger partial charge in [0.2, 0.25) is 11.8 Å². The summed E-state index contributed by atoms with van der Waals surface area (Å²) >= 11 is 1.23. The number of para-hydroxylation sites is 2. The van der Waals surface area contributed by atoms with E-state index in [9.17, 15) is 4.79 Å². The van der Waals surface area contributed by atoms with Crippen LogP contribution in [0.4, 0.5) is 0 Å². The van der Waals surface area contributed by atoms with Crippen molar-refractivity contribution >= 4 is 28.7 Å². The summed E-state index contributed by atoms with van der Waals surface area (Å²) in [6.07, 6.45) is 0.693. The highest BCUT2D eigenvalue weighted by Gasteiger charge is 2.10. The second-order valence-corrected chi connectivity index (χ2v) is 6.16. The van der Waals surface area contributed by atoms with E-state index in [4.69, 9.17) is 4.42 Å². The summed E-state index contributed by atoms with van der Waals surface area (Å²) < 4.78 is 7.40. The van der Waals surface area contributed by atoms with Gasteiger partial charge < -0.3 is 14.3 Å². The molecule has 2 aromatic heterocycles. The number of aryl methyl sites for hydroxylation is 2. The fourth-order valence-electron chi connectivity index (χ4n) is 2.50. The van der Waals surface area contributed by atoms with Crippen molar-refractivity contribution in [2.24, 2.45) is 0 Å². The lowest BCUT2D eigenvalue weighted by atomic mass is 10.3. The molecule has 1 aromatic carbocycles. The molecule has 1 N–H and O–H groups in total. The molecule has 0 saturated carbocycles. The quantitative estimate of drug-likeness (QED) is 0.661. The Bertz CT molecular complexity index is 842. The monoisotopic (exact) mass is 345 g/mol. The first kappa shape index (κ1) is 16.5. The van der Waals surface area contributed by atoms with Crippen molar-refractivity contribution in [2.75, 3.05) is 12.3 Å². The zero-order valence-electron chi connectivity index (χ0n) is 13.7. The second kappa shape index (κ2) is 7.48. The van der Waals surface area contributed by atoms with Gasteiger partial charge in [-0.25, -0.2) is 4.98 Å². The SMILES string of the molecule is CCn1c(CCNC(=O)CSc2nnc(C)o2)nc2ccccc21. The van der Waals surface area contributed by atoms with E-state index >= 15 is 0 Å². The molecular weight excluding hydrogens is 326 g/mol. The van der Waals surface area contributed by atoms with E-state index in [0.717, 1.165) is 23.4 Å². The number of nitrogens with one attached hydrogen (secondary N) is 1. The van der Waals surface area contributed by atoms with Gasteiger partial charge in [-0.2, -0.15) is 0 Å². The molecule has 24 heavy (non-hydrogen) atoms. The third kappa shape index (κ3) is 3.76. The molecule has 0 radical (unpaired) electrons. The van der Waals surface area contributed by atoms with Crippen LogP contribution in [0.2, 0.25) is 0 Å². The molecule has 0 atom stereocenters. The molecule has 0 fully saturated rings. The highest BCUT2D eigenvalue weighted by molar-refractivity contribution is 7.99. The number of thioether (sulfide) groups is 1. The van der Waals surface area contributed by atoms with E-state index in [1.165, 1.54) is 11.8 Å². The van der Waals surface area contributed by atoms with Gasteiger partial charge in [0.25, 0.3) is 5.22 Å². The van der Waals surface area contributed by atoms with Crippen LogP contribution in [-0.4, -0.2) is 38.0 Å². The Balaban J connectivity index is 1.51. The average Bonchev–Trinajstić information content (AvgIpc) is 3.15. The average molecular weight is 345 g/mol. The maximum atomic E-state index is 11.9. The largest absolute Gasteiger partial charge is 0.416 e. The summed E-state index contributed by atoms with van der Waals surface area (Å²) in [5, 5.41) is 10.9. The first-order valence-corrected chi connectivity index (χ1v) is 8.79. The van der Waals surface area contributed by atoms with E-state index in [-0.39, 0.29) is 11.7 Å². The van der Waals surface area contributed by atoms with Gasteiger partial charge in [0.05, 0.1) is 16.8 Å². The fourth-order valence-corrected chi connectivity index (χ4v) is 3.13. The van der Waals surface area contributed by atoms with Crippen molar-refractivity contribution in [2.45, 2.75) is 32.0 Å². The summed E-state index contributed by atoms with van der Waals surface area (Å²) in [6.45, 7) is 5.22. The normalized spacial score (nSPS) is 11.1. The van der Waals surface area contributed by atoms with Crippen molar-refractivity contribution in [3.63, 3.8) is 0 Å². The highest BCUT2D eigenvalue weighted by Crippen LogP contribution is 2.16. The van der Waals surface area contributed by atoms with Gasteiger partial charge in [0, 0.05) is 26.4 Å². The first-order valence-electron chi connectivity index (χ1n) is 7.81. The molecular formula is C16H19N5O2S. The number of benzene rings is 1. The standard InChI is InChI=1S/C16H19N5O2S/c1-3-21-13-7-5-4-6-12(13)18-14(21)8-9-17-15(22)10-24-16-20-19-11(2)23-16/h4-7H,3,8-10H2,1-2H3,(H,17,22). The number of imidazole rings is 1. The van der Waals surface area contributed by atoms with Gasteiger partial charge in [-0.1, -0.05) is 23.9 Å². The Morgan fingerprint density at radius 3 is 2.92 bits per heavy atom. The molecule has 0 bridgehead atoms. The van der Waals surface area contributed by atoms with E-state index in [2.05, 4.69) is 38.1 Å². The van der Waals surface area contributed by atoms with Gasteiger partial charge >= 0.3 is 0 Å². The van der Waals surface area contributed by atoms with Gasteiger partial charge in [-0.15, -0.1) is 10.2 Å².